The Labute approximate surface area is 119 Å². The Bertz CT molecular complexity index is 695. The molecule has 110 valence electrons. The molecule has 0 aliphatic carbocycles. The molecule has 1 N–H and O–H groups in total. The number of aromatic nitrogens is 2. The van der Waals surface area contributed by atoms with E-state index >= 15 is 0 Å². The molecule has 2 aromatic rings. The summed E-state index contributed by atoms with van der Waals surface area (Å²) < 4.78 is 39.5. The predicted molar refractivity (Wildman–Crippen MR) is 71.4 cm³/mol. The molecular weight excluding hydrogens is 281 g/mol. The first-order valence-corrected chi connectivity index (χ1v) is 6.15. The highest BCUT2D eigenvalue weighted by atomic mass is 19.4. The maximum Gasteiger partial charge on any atom is 0.416 e. The zero-order valence-electron chi connectivity index (χ0n) is 11.5. The van der Waals surface area contributed by atoms with Gasteiger partial charge in [-0.15, -0.1) is 0 Å². The van der Waals surface area contributed by atoms with Crippen molar-refractivity contribution in [3.05, 3.63) is 46.8 Å². The Hall–Kier alpha value is -2.49. The molecule has 0 saturated heterocycles. The van der Waals surface area contributed by atoms with Gasteiger partial charge < -0.3 is 5.32 Å². The van der Waals surface area contributed by atoms with Gasteiger partial charge in [-0.2, -0.15) is 23.5 Å². The van der Waals surface area contributed by atoms with Gasteiger partial charge in [0.15, 0.2) is 0 Å². The fourth-order valence-corrected chi connectivity index (χ4v) is 1.88. The third-order valence-electron chi connectivity index (χ3n) is 3.27. The Morgan fingerprint density at radius 1 is 1.38 bits per heavy atom. The summed E-state index contributed by atoms with van der Waals surface area (Å²) in [5, 5.41) is 16.0. The van der Waals surface area contributed by atoms with E-state index in [1.165, 1.54) is 6.07 Å². The van der Waals surface area contributed by atoms with Crippen LogP contribution in [0.15, 0.2) is 24.4 Å². The van der Waals surface area contributed by atoms with Gasteiger partial charge in [0.1, 0.15) is 6.07 Å². The summed E-state index contributed by atoms with van der Waals surface area (Å²) in [6.45, 7) is 2.28. The lowest BCUT2D eigenvalue weighted by atomic mass is 10.1. The number of nitrogens with one attached hydrogen (secondary N) is 1. The van der Waals surface area contributed by atoms with Crippen LogP contribution < -0.4 is 5.32 Å². The molecule has 7 heteroatoms. The van der Waals surface area contributed by atoms with Crippen LogP contribution in [0.5, 0.6) is 0 Å². The standard InChI is InChI=1S/C14H13F3N4/c1-9-11(8-20-21(9)2)7-19-13-4-3-12(14(15,16)17)5-10(13)6-18/h3-5,8,19H,7H2,1-2H3. The lowest BCUT2D eigenvalue weighted by Gasteiger charge is -2.11. The second-order valence-electron chi connectivity index (χ2n) is 4.60. The first-order chi connectivity index (χ1) is 9.82. The maximum absolute atomic E-state index is 12.6. The topological polar surface area (TPSA) is 53.6 Å². The van der Waals surface area contributed by atoms with Crippen LogP contribution in [0.4, 0.5) is 18.9 Å². The average molecular weight is 294 g/mol. The Morgan fingerprint density at radius 2 is 2.10 bits per heavy atom. The molecule has 0 amide bonds. The molecule has 0 aliphatic rings. The molecule has 2 rings (SSSR count). The molecule has 0 fully saturated rings. The minimum absolute atomic E-state index is 0.0358. The zero-order valence-corrected chi connectivity index (χ0v) is 11.5. The Balaban J connectivity index is 2.21. The van der Waals surface area contributed by atoms with Crippen LogP contribution in [0.3, 0.4) is 0 Å². The van der Waals surface area contributed by atoms with E-state index in [4.69, 9.17) is 5.26 Å². The summed E-state index contributed by atoms with van der Waals surface area (Å²) >= 11 is 0. The molecule has 0 aliphatic heterocycles. The lowest BCUT2D eigenvalue weighted by molar-refractivity contribution is -0.137. The van der Waals surface area contributed by atoms with Crippen LogP contribution in [0.2, 0.25) is 0 Å². The largest absolute Gasteiger partial charge is 0.416 e. The molecule has 0 unspecified atom stereocenters. The van der Waals surface area contributed by atoms with Crippen molar-refractivity contribution in [1.82, 2.24) is 9.78 Å². The van der Waals surface area contributed by atoms with Crippen molar-refractivity contribution in [3.8, 4) is 6.07 Å². The second-order valence-corrected chi connectivity index (χ2v) is 4.60. The van der Waals surface area contributed by atoms with Crippen molar-refractivity contribution in [2.45, 2.75) is 19.6 Å². The van der Waals surface area contributed by atoms with Gasteiger partial charge in [-0.3, -0.25) is 4.68 Å². The smallest absolute Gasteiger partial charge is 0.380 e. The van der Waals surface area contributed by atoms with Gasteiger partial charge in [-0.1, -0.05) is 0 Å². The van der Waals surface area contributed by atoms with E-state index in [0.29, 0.717) is 12.2 Å². The maximum atomic E-state index is 12.6. The summed E-state index contributed by atoms with van der Waals surface area (Å²) in [5.41, 5.74) is 1.37. The van der Waals surface area contributed by atoms with Gasteiger partial charge in [-0.25, -0.2) is 0 Å². The van der Waals surface area contributed by atoms with E-state index in [1.54, 1.807) is 24.0 Å². The second kappa shape index (κ2) is 5.48. The van der Waals surface area contributed by atoms with Crippen molar-refractivity contribution in [3.63, 3.8) is 0 Å². The number of hydrogen-bond acceptors (Lipinski definition) is 3. The first-order valence-electron chi connectivity index (χ1n) is 6.15. The minimum Gasteiger partial charge on any atom is -0.380 e. The van der Waals surface area contributed by atoms with Crippen molar-refractivity contribution >= 4 is 5.69 Å². The summed E-state index contributed by atoms with van der Waals surface area (Å²) in [6, 6.07) is 4.86. The van der Waals surface area contributed by atoms with E-state index < -0.39 is 11.7 Å². The first kappa shape index (κ1) is 14.9. The molecule has 1 aromatic carbocycles. The minimum atomic E-state index is -4.45. The molecule has 21 heavy (non-hydrogen) atoms. The summed E-state index contributed by atoms with van der Waals surface area (Å²) in [6.07, 6.45) is -2.78. The number of nitrogens with zero attached hydrogens (tertiary/aromatic N) is 3. The molecule has 0 saturated carbocycles. The molecular formula is C14H13F3N4. The van der Waals surface area contributed by atoms with Gasteiger partial charge in [0, 0.05) is 24.8 Å². The van der Waals surface area contributed by atoms with Crippen molar-refractivity contribution in [2.75, 3.05) is 5.32 Å². The van der Waals surface area contributed by atoms with Crippen LogP contribution in [-0.4, -0.2) is 9.78 Å². The third-order valence-corrected chi connectivity index (χ3v) is 3.27. The van der Waals surface area contributed by atoms with E-state index in [0.717, 1.165) is 23.4 Å². The van der Waals surface area contributed by atoms with Crippen LogP contribution in [0.1, 0.15) is 22.4 Å². The van der Waals surface area contributed by atoms with Crippen LogP contribution in [0, 0.1) is 18.3 Å². The summed E-state index contributed by atoms with van der Waals surface area (Å²) in [7, 11) is 1.80. The average Bonchev–Trinajstić information content (AvgIpc) is 2.75. The molecule has 0 spiro atoms. The number of rotatable bonds is 3. The monoisotopic (exact) mass is 294 g/mol. The number of anilines is 1. The zero-order chi connectivity index (χ0) is 15.6. The van der Waals surface area contributed by atoms with Gasteiger partial charge in [0.25, 0.3) is 0 Å². The van der Waals surface area contributed by atoms with Crippen molar-refractivity contribution in [2.24, 2.45) is 7.05 Å². The molecule has 0 radical (unpaired) electrons. The fourth-order valence-electron chi connectivity index (χ4n) is 1.88. The number of aryl methyl sites for hydroxylation is 1. The van der Waals surface area contributed by atoms with E-state index in [2.05, 4.69) is 10.4 Å². The van der Waals surface area contributed by atoms with Crippen LogP contribution in [-0.2, 0) is 19.8 Å². The van der Waals surface area contributed by atoms with E-state index in [9.17, 15) is 13.2 Å². The fraction of sp³-hybridized carbons (Fsp3) is 0.286. The third kappa shape index (κ3) is 3.16. The quantitative estimate of drug-likeness (QED) is 0.945. The molecule has 0 atom stereocenters. The highest BCUT2D eigenvalue weighted by Crippen LogP contribution is 2.31. The number of nitriles is 1. The highest BCUT2D eigenvalue weighted by molar-refractivity contribution is 5.59. The molecule has 0 bridgehead atoms. The van der Waals surface area contributed by atoms with E-state index in [-0.39, 0.29) is 5.56 Å². The lowest BCUT2D eigenvalue weighted by Crippen LogP contribution is -2.07. The van der Waals surface area contributed by atoms with Gasteiger partial charge >= 0.3 is 6.18 Å². The normalized spacial score (nSPS) is 11.2. The van der Waals surface area contributed by atoms with E-state index in [1.807, 2.05) is 6.92 Å². The SMILES string of the molecule is Cc1c(CNc2ccc(C(F)(F)F)cc2C#N)cnn1C. The Morgan fingerprint density at radius 3 is 2.62 bits per heavy atom. The Kier molecular flexibility index (Phi) is 3.89. The number of alkyl halides is 3. The van der Waals surface area contributed by atoms with Crippen molar-refractivity contribution in [1.29, 1.82) is 5.26 Å². The summed E-state index contributed by atoms with van der Waals surface area (Å²) in [4.78, 5) is 0. The van der Waals surface area contributed by atoms with Gasteiger partial charge in [-0.05, 0) is 25.1 Å². The van der Waals surface area contributed by atoms with Gasteiger partial charge in [0.05, 0.1) is 23.0 Å². The molecule has 4 nitrogen and oxygen atoms in total. The molecule has 1 heterocycles. The van der Waals surface area contributed by atoms with Crippen molar-refractivity contribution < 1.29 is 13.2 Å². The highest BCUT2D eigenvalue weighted by Gasteiger charge is 2.31. The number of benzene rings is 1. The van der Waals surface area contributed by atoms with Crippen LogP contribution in [0.25, 0.3) is 0 Å². The predicted octanol–water partition coefficient (Wildman–Crippen LogP) is 3.23. The number of halogens is 3. The summed E-state index contributed by atoms with van der Waals surface area (Å²) in [5.74, 6) is 0. The number of hydrogen-bond donors (Lipinski definition) is 1. The molecule has 1 aromatic heterocycles. The van der Waals surface area contributed by atoms with Crippen LogP contribution >= 0.6 is 0 Å². The van der Waals surface area contributed by atoms with Gasteiger partial charge in [0.2, 0.25) is 0 Å².